The second kappa shape index (κ2) is 9.54. The quantitative estimate of drug-likeness (QED) is 0.829. The van der Waals surface area contributed by atoms with E-state index < -0.39 is 0 Å². The minimum absolute atomic E-state index is 0.0811. The Hall–Kier alpha value is -2.62. The Morgan fingerprint density at radius 2 is 1.71 bits per heavy atom. The van der Waals surface area contributed by atoms with Gasteiger partial charge in [0.15, 0.2) is 0 Å². The average Bonchev–Trinajstić information content (AvgIpc) is 2.68. The highest BCUT2D eigenvalue weighted by Gasteiger charge is 2.23. The van der Waals surface area contributed by atoms with Crippen molar-refractivity contribution < 1.29 is 9.59 Å². The SMILES string of the molecule is Cc1ccc(C(=O)N2CCC(CCNC(=O)Cc3cccc(C)c3)CC2)cc1. The third kappa shape index (κ3) is 5.69. The van der Waals surface area contributed by atoms with Crippen LogP contribution in [0.2, 0.25) is 0 Å². The second-order valence-corrected chi connectivity index (χ2v) is 7.91. The molecule has 1 saturated heterocycles. The standard InChI is InChI=1S/C24H30N2O2/c1-18-6-8-22(9-7-18)24(28)26-14-11-20(12-15-26)10-13-25-23(27)17-21-5-3-4-19(2)16-21/h3-9,16,20H,10-15,17H2,1-2H3,(H,25,27). The molecule has 0 radical (unpaired) electrons. The van der Waals surface area contributed by atoms with E-state index in [2.05, 4.69) is 11.4 Å². The van der Waals surface area contributed by atoms with Crippen molar-refractivity contribution in [2.45, 2.75) is 39.5 Å². The van der Waals surface area contributed by atoms with Crippen LogP contribution in [0.3, 0.4) is 0 Å². The van der Waals surface area contributed by atoms with Gasteiger partial charge >= 0.3 is 0 Å². The smallest absolute Gasteiger partial charge is 0.253 e. The number of nitrogens with zero attached hydrogens (tertiary/aromatic N) is 1. The first kappa shape index (κ1) is 20.1. The lowest BCUT2D eigenvalue weighted by molar-refractivity contribution is -0.120. The molecule has 1 aliphatic rings. The summed E-state index contributed by atoms with van der Waals surface area (Å²) in [4.78, 5) is 26.7. The molecule has 148 valence electrons. The average molecular weight is 379 g/mol. The minimum atomic E-state index is 0.0811. The fourth-order valence-corrected chi connectivity index (χ4v) is 3.79. The van der Waals surface area contributed by atoms with E-state index in [4.69, 9.17) is 0 Å². The van der Waals surface area contributed by atoms with Gasteiger partial charge in [-0.05, 0) is 56.7 Å². The van der Waals surface area contributed by atoms with Crippen LogP contribution in [-0.2, 0) is 11.2 Å². The predicted molar refractivity (Wildman–Crippen MR) is 112 cm³/mol. The van der Waals surface area contributed by atoms with Crippen molar-refractivity contribution in [1.82, 2.24) is 10.2 Å². The summed E-state index contributed by atoms with van der Waals surface area (Å²) in [6.07, 6.45) is 3.42. The highest BCUT2D eigenvalue weighted by Crippen LogP contribution is 2.21. The highest BCUT2D eigenvalue weighted by atomic mass is 16.2. The number of carbonyl (C=O) groups is 2. The number of likely N-dealkylation sites (tertiary alicyclic amines) is 1. The van der Waals surface area contributed by atoms with Gasteiger partial charge in [-0.3, -0.25) is 9.59 Å². The van der Waals surface area contributed by atoms with Crippen LogP contribution in [0.1, 0.15) is 46.3 Å². The molecule has 0 spiro atoms. The lowest BCUT2D eigenvalue weighted by atomic mass is 9.93. The Labute approximate surface area is 167 Å². The molecule has 1 fully saturated rings. The van der Waals surface area contributed by atoms with E-state index in [1.54, 1.807) is 0 Å². The van der Waals surface area contributed by atoms with Gasteiger partial charge in [-0.1, -0.05) is 47.5 Å². The van der Waals surface area contributed by atoms with Crippen LogP contribution < -0.4 is 5.32 Å². The summed E-state index contributed by atoms with van der Waals surface area (Å²) >= 11 is 0. The lowest BCUT2D eigenvalue weighted by Crippen LogP contribution is -2.39. The van der Waals surface area contributed by atoms with Gasteiger partial charge in [0.2, 0.25) is 5.91 Å². The molecule has 0 aromatic heterocycles. The Morgan fingerprint density at radius 1 is 1.00 bits per heavy atom. The topological polar surface area (TPSA) is 49.4 Å². The van der Waals surface area contributed by atoms with E-state index in [0.29, 0.717) is 18.9 Å². The summed E-state index contributed by atoms with van der Waals surface area (Å²) in [6.45, 7) is 6.38. The number of hydrogen-bond donors (Lipinski definition) is 1. The Balaban J connectivity index is 1.37. The molecule has 1 heterocycles. The maximum atomic E-state index is 12.6. The van der Waals surface area contributed by atoms with Crippen molar-refractivity contribution in [3.05, 3.63) is 70.8 Å². The number of piperidine rings is 1. The second-order valence-electron chi connectivity index (χ2n) is 7.91. The third-order valence-corrected chi connectivity index (χ3v) is 5.52. The van der Waals surface area contributed by atoms with Gasteiger partial charge in [0.25, 0.3) is 5.91 Å². The monoisotopic (exact) mass is 378 g/mol. The van der Waals surface area contributed by atoms with Crippen molar-refractivity contribution in [1.29, 1.82) is 0 Å². The minimum Gasteiger partial charge on any atom is -0.356 e. The number of carbonyl (C=O) groups excluding carboxylic acids is 2. The Morgan fingerprint density at radius 3 is 2.39 bits per heavy atom. The molecule has 4 nitrogen and oxygen atoms in total. The van der Waals surface area contributed by atoms with Gasteiger partial charge in [0.05, 0.1) is 6.42 Å². The van der Waals surface area contributed by atoms with Crippen molar-refractivity contribution in [2.24, 2.45) is 5.92 Å². The van der Waals surface area contributed by atoms with Gasteiger partial charge in [-0.25, -0.2) is 0 Å². The van der Waals surface area contributed by atoms with E-state index in [9.17, 15) is 9.59 Å². The molecule has 4 heteroatoms. The van der Waals surface area contributed by atoms with Crippen LogP contribution in [0.25, 0.3) is 0 Å². The Kier molecular flexibility index (Phi) is 6.85. The van der Waals surface area contributed by atoms with Crippen molar-refractivity contribution in [3.63, 3.8) is 0 Å². The molecule has 0 aliphatic carbocycles. The van der Waals surface area contributed by atoms with Crippen LogP contribution in [0.4, 0.5) is 0 Å². The summed E-state index contributed by atoms with van der Waals surface area (Å²) in [5.74, 6) is 0.781. The van der Waals surface area contributed by atoms with E-state index in [1.807, 2.05) is 61.2 Å². The number of nitrogens with one attached hydrogen (secondary N) is 1. The molecule has 1 N–H and O–H groups in total. The number of rotatable bonds is 6. The zero-order valence-corrected chi connectivity index (χ0v) is 16.9. The zero-order valence-electron chi connectivity index (χ0n) is 16.9. The van der Waals surface area contributed by atoms with Crippen LogP contribution >= 0.6 is 0 Å². The van der Waals surface area contributed by atoms with Gasteiger partial charge in [0, 0.05) is 25.2 Å². The van der Waals surface area contributed by atoms with Crippen LogP contribution in [-0.4, -0.2) is 36.3 Å². The molecule has 0 bridgehead atoms. The molecule has 0 atom stereocenters. The van der Waals surface area contributed by atoms with E-state index in [0.717, 1.165) is 43.5 Å². The van der Waals surface area contributed by atoms with Crippen LogP contribution in [0.15, 0.2) is 48.5 Å². The molecule has 2 aromatic rings. The maximum Gasteiger partial charge on any atom is 0.253 e. The van der Waals surface area contributed by atoms with Gasteiger partial charge in [-0.2, -0.15) is 0 Å². The first-order valence-electron chi connectivity index (χ1n) is 10.2. The van der Waals surface area contributed by atoms with Gasteiger partial charge in [0.1, 0.15) is 0 Å². The highest BCUT2D eigenvalue weighted by molar-refractivity contribution is 5.94. The van der Waals surface area contributed by atoms with E-state index in [1.165, 1.54) is 11.1 Å². The third-order valence-electron chi connectivity index (χ3n) is 5.52. The van der Waals surface area contributed by atoms with Crippen molar-refractivity contribution >= 4 is 11.8 Å². The number of amides is 2. The fraction of sp³-hybridized carbons (Fsp3) is 0.417. The summed E-state index contributed by atoms with van der Waals surface area (Å²) in [5, 5.41) is 3.04. The van der Waals surface area contributed by atoms with E-state index in [-0.39, 0.29) is 11.8 Å². The number of hydrogen-bond acceptors (Lipinski definition) is 2. The normalized spacial score (nSPS) is 14.7. The van der Waals surface area contributed by atoms with Gasteiger partial charge < -0.3 is 10.2 Å². The molecule has 0 unspecified atom stereocenters. The first-order chi connectivity index (χ1) is 13.5. The van der Waals surface area contributed by atoms with Crippen molar-refractivity contribution in [2.75, 3.05) is 19.6 Å². The number of aryl methyl sites for hydroxylation is 2. The molecule has 2 amide bonds. The molecule has 1 aliphatic heterocycles. The maximum absolute atomic E-state index is 12.6. The molecular weight excluding hydrogens is 348 g/mol. The largest absolute Gasteiger partial charge is 0.356 e. The molecule has 0 saturated carbocycles. The zero-order chi connectivity index (χ0) is 19.9. The van der Waals surface area contributed by atoms with Gasteiger partial charge in [-0.15, -0.1) is 0 Å². The number of benzene rings is 2. The first-order valence-corrected chi connectivity index (χ1v) is 10.2. The van der Waals surface area contributed by atoms with Crippen LogP contribution in [0.5, 0.6) is 0 Å². The predicted octanol–water partition coefficient (Wildman–Crippen LogP) is 3.90. The molecule has 28 heavy (non-hydrogen) atoms. The fourth-order valence-electron chi connectivity index (χ4n) is 3.79. The summed E-state index contributed by atoms with van der Waals surface area (Å²) in [5.41, 5.74) is 4.17. The lowest BCUT2D eigenvalue weighted by Gasteiger charge is -2.32. The summed E-state index contributed by atoms with van der Waals surface area (Å²) < 4.78 is 0. The summed E-state index contributed by atoms with van der Waals surface area (Å²) in [6, 6.07) is 15.9. The molecule has 3 rings (SSSR count). The molecule has 2 aromatic carbocycles. The van der Waals surface area contributed by atoms with Crippen molar-refractivity contribution in [3.8, 4) is 0 Å². The van der Waals surface area contributed by atoms with Crippen LogP contribution in [0, 0.1) is 19.8 Å². The Bertz CT molecular complexity index is 806. The summed E-state index contributed by atoms with van der Waals surface area (Å²) in [7, 11) is 0. The molecular formula is C24H30N2O2. The van der Waals surface area contributed by atoms with E-state index >= 15 is 0 Å².